The van der Waals surface area contributed by atoms with Gasteiger partial charge in [0.1, 0.15) is 0 Å². The quantitative estimate of drug-likeness (QED) is 0.890. The molecule has 1 fully saturated rings. The van der Waals surface area contributed by atoms with Crippen molar-refractivity contribution < 1.29 is 9.13 Å². The van der Waals surface area contributed by atoms with Crippen LogP contribution in [0.3, 0.4) is 0 Å². The SMILES string of the molecule is COc1cccc(CN2CCCCC2CCN)c1F. The van der Waals surface area contributed by atoms with E-state index in [0.29, 0.717) is 30.4 Å². The van der Waals surface area contributed by atoms with E-state index in [1.165, 1.54) is 26.4 Å². The van der Waals surface area contributed by atoms with Crippen LogP contribution in [0.5, 0.6) is 5.75 Å². The van der Waals surface area contributed by atoms with Gasteiger partial charge in [-0.2, -0.15) is 0 Å². The molecule has 1 saturated heterocycles. The van der Waals surface area contributed by atoms with Crippen LogP contribution in [-0.2, 0) is 6.54 Å². The summed E-state index contributed by atoms with van der Waals surface area (Å²) in [6, 6.07) is 5.83. The molecule has 1 unspecified atom stereocenters. The summed E-state index contributed by atoms with van der Waals surface area (Å²) in [5, 5.41) is 0. The Morgan fingerprint density at radius 3 is 3.00 bits per heavy atom. The Hall–Kier alpha value is -1.13. The van der Waals surface area contributed by atoms with E-state index in [1.54, 1.807) is 6.07 Å². The lowest BCUT2D eigenvalue weighted by Gasteiger charge is -2.35. The molecule has 2 rings (SSSR count). The summed E-state index contributed by atoms with van der Waals surface area (Å²) >= 11 is 0. The van der Waals surface area contributed by atoms with Crippen LogP contribution in [0.2, 0.25) is 0 Å². The molecule has 3 nitrogen and oxygen atoms in total. The maximum atomic E-state index is 14.2. The molecule has 1 aromatic rings. The number of benzene rings is 1. The van der Waals surface area contributed by atoms with E-state index in [1.807, 2.05) is 12.1 Å². The first-order valence-electron chi connectivity index (χ1n) is 7.01. The predicted octanol–water partition coefficient (Wildman–Crippen LogP) is 2.54. The summed E-state index contributed by atoms with van der Waals surface area (Å²) in [5.74, 6) is 0.0898. The van der Waals surface area contributed by atoms with E-state index < -0.39 is 0 Å². The van der Waals surface area contributed by atoms with Crippen LogP contribution in [0, 0.1) is 5.82 Å². The summed E-state index contributed by atoms with van der Waals surface area (Å²) in [6.45, 7) is 2.37. The zero-order valence-corrected chi connectivity index (χ0v) is 11.6. The lowest BCUT2D eigenvalue weighted by Crippen LogP contribution is -2.40. The molecule has 2 N–H and O–H groups in total. The fourth-order valence-corrected chi connectivity index (χ4v) is 2.84. The van der Waals surface area contributed by atoms with Crippen LogP contribution in [0.4, 0.5) is 4.39 Å². The maximum Gasteiger partial charge on any atom is 0.169 e. The number of nitrogens with zero attached hydrogens (tertiary/aromatic N) is 1. The number of rotatable bonds is 5. The molecule has 0 aromatic heterocycles. The molecule has 0 bridgehead atoms. The Morgan fingerprint density at radius 2 is 2.26 bits per heavy atom. The van der Waals surface area contributed by atoms with Gasteiger partial charge >= 0.3 is 0 Å². The highest BCUT2D eigenvalue weighted by Gasteiger charge is 2.23. The number of halogens is 1. The van der Waals surface area contributed by atoms with Crippen molar-refractivity contribution in [2.75, 3.05) is 20.2 Å². The van der Waals surface area contributed by atoms with Gasteiger partial charge in [0.2, 0.25) is 0 Å². The van der Waals surface area contributed by atoms with Crippen molar-refractivity contribution in [1.82, 2.24) is 4.90 Å². The number of hydrogen-bond acceptors (Lipinski definition) is 3. The first-order chi connectivity index (χ1) is 9.26. The third-order valence-electron chi connectivity index (χ3n) is 3.89. The van der Waals surface area contributed by atoms with Gasteiger partial charge in [0.25, 0.3) is 0 Å². The molecule has 1 aromatic carbocycles. The average molecular weight is 266 g/mol. The third-order valence-corrected chi connectivity index (χ3v) is 3.89. The Bertz CT molecular complexity index is 409. The second kappa shape index (κ2) is 6.87. The molecule has 0 radical (unpaired) electrons. The normalized spacial score (nSPS) is 20.5. The van der Waals surface area contributed by atoms with Gasteiger partial charge in [-0.3, -0.25) is 4.90 Å². The third kappa shape index (κ3) is 3.45. The highest BCUT2D eigenvalue weighted by molar-refractivity contribution is 5.31. The molecule has 0 spiro atoms. The smallest absolute Gasteiger partial charge is 0.169 e. The average Bonchev–Trinajstić information content (AvgIpc) is 2.43. The fraction of sp³-hybridized carbons (Fsp3) is 0.600. The van der Waals surface area contributed by atoms with Gasteiger partial charge in [0.05, 0.1) is 7.11 Å². The van der Waals surface area contributed by atoms with Crippen LogP contribution in [-0.4, -0.2) is 31.1 Å². The van der Waals surface area contributed by atoms with Gasteiger partial charge in [-0.05, 0) is 38.4 Å². The van der Waals surface area contributed by atoms with E-state index in [-0.39, 0.29) is 5.82 Å². The van der Waals surface area contributed by atoms with Gasteiger partial charge in [-0.25, -0.2) is 4.39 Å². The number of ether oxygens (including phenoxy) is 1. The lowest BCUT2D eigenvalue weighted by atomic mass is 9.98. The molecule has 0 aliphatic carbocycles. The Balaban J connectivity index is 2.10. The molecule has 1 aliphatic heterocycles. The minimum Gasteiger partial charge on any atom is -0.494 e. The molecule has 106 valence electrons. The molecule has 1 heterocycles. The standard InChI is InChI=1S/C15H23FN2O/c1-19-14-7-4-5-12(15(14)16)11-18-10-3-2-6-13(18)8-9-17/h4-5,7,13H,2-3,6,8-11,17H2,1H3. The second-order valence-corrected chi connectivity index (χ2v) is 5.13. The number of piperidine rings is 1. The Morgan fingerprint density at radius 1 is 1.42 bits per heavy atom. The summed E-state index contributed by atoms with van der Waals surface area (Å²) in [6.07, 6.45) is 4.60. The fourth-order valence-electron chi connectivity index (χ4n) is 2.84. The van der Waals surface area contributed by atoms with Crippen molar-refractivity contribution >= 4 is 0 Å². The number of nitrogens with two attached hydrogens (primary N) is 1. The summed E-state index contributed by atoms with van der Waals surface area (Å²) in [7, 11) is 1.50. The second-order valence-electron chi connectivity index (χ2n) is 5.13. The molecule has 0 saturated carbocycles. The zero-order valence-electron chi connectivity index (χ0n) is 11.6. The van der Waals surface area contributed by atoms with Crippen molar-refractivity contribution in [2.24, 2.45) is 5.73 Å². The minimum absolute atomic E-state index is 0.234. The van der Waals surface area contributed by atoms with E-state index in [2.05, 4.69) is 4.90 Å². The van der Waals surface area contributed by atoms with Gasteiger partial charge in [0, 0.05) is 18.2 Å². The monoisotopic (exact) mass is 266 g/mol. The van der Waals surface area contributed by atoms with Gasteiger partial charge in [0.15, 0.2) is 11.6 Å². The van der Waals surface area contributed by atoms with Crippen LogP contribution < -0.4 is 10.5 Å². The molecule has 4 heteroatoms. The van der Waals surface area contributed by atoms with E-state index in [9.17, 15) is 4.39 Å². The highest BCUT2D eigenvalue weighted by atomic mass is 19.1. The van der Waals surface area contributed by atoms with Crippen molar-refractivity contribution in [3.8, 4) is 5.75 Å². The molecule has 0 amide bonds. The molecule has 1 aliphatic rings. The van der Waals surface area contributed by atoms with Crippen LogP contribution in [0.25, 0.3) is 0 Å². The Kier molecular flexibility index (Phi) is 5.16. The van der Waals surface area contributed by atoms with Gasteiger partial charge < -0.3 is 10.5 Å². The van der Waals surface area contributed by atoms with Crippen molar-refractivity contribution in [1.29, 1.82) is 0 Å². The highest BCUT2D eigenvalue weighted by Crippen LogP contribution is 2.25. The van der Waals surface area contributed by atoms with Gasteiger partial charge in [-0.1, -0.05) is 18.6 Å². The van der Waals surface area contributed by atoms with Crippen LogP contribution in [0.1, 0.15) is 31.2 Å². The lowest BCUT2D eigenvalue weighted by molar-refractivity contribution is 0.132. The van der Waals surface area contributed by atoms with Crippen molar-refractivity contribution in [2.45, 2.75) is 38.3 Å². The number of likely N-dealkylation sites (tertiary alicyclic amines) is 1. The summed E-state index contributed by atoms with van der Waals surface area (Å²) in [5.41, 5.74) is 6.38. The number of hydrogen-bond donors (Lipinski definition) is 1. The summed E-state index contributed by atoms with van der Waals surface area (Å²) < 4.78 is 19.2. The molecule has 1 atom stereocenters. The number of methoxy groups -OCH3 is 1. The van der Waals surface area contributed by atoms with Crippen LogP contribution in [0.15, 0.2) is 18.2 Å². The van der Waals surface area contributed by atoms with Crippen LogP contribution >= 0.6 is 0 Å². The molecular weight excluding hydrogens is 243 g/mol. The van der Waals surface area contributed by atoms with Crippen molar-refractivity contribution in [3.05, 3.63) is 29.6 Å². The zero-order chi connectivity index (χ0) is 13.7. The van der Waals surface area contributed by atoms with E-state index >= 15 is 0 Å². The topological polar surface area (TPSA) is 38.5 Å². The largest absolute Gasteiger partial charge is 0.494 e. The maximum absolute atomic E-state index is 14.2. The van der Waals surface area contributed by atoms with E-state index in [0.717, 1.165) is 13.0 Å². The summed E-state index contributed by atoms with van der Waals surface area (Å²) in [4.78, 5) is 2.36. The first-order valence-corrected chi connectivity index (χ1v) is 7.01. The molecular formula is C15H23FN2O. The Labute approximate surface area is 114 Å². The van der Waals surface area contributed by atoms with Gasteiger partial charge in [-0.15, -0.1) is 0 Å². The first kappa shape index (κ1) is 14.3. The minimum atomic E-state index is -0.234. The van der Waals surface area contributed by atoms with E-state index in [4.69, 9.17) is 10.5 Å². The van der Waals surface area contributed by atoms with Crippen molar-refractivity contribution in [3.63, 3.8) is 0 Å². The predicted molar refractivity (Wildman–Crippen MR) is 74.7 cm³/mol. The molecule has 19 heavy (non-hydrogen) atoms.